The van der Waals surface area contributed by atoms with E-state index in [1.807, 2.05) is 0 Å². The van der Waals surface area contributed by atoms with Crippen molar-refractivity contribution in [3.63, 3.8) is 0 Å². The Morgan fingerprint density at radius 1 is 1.07 bits per heavy atom. The molecule has 1 N–H and O–H groups in total. The van der Waals surface area contributed by atoms with Gasteiger partial charge in [0.1, 0.15) is 0 Å². The number of hydrogen-bond acceptors (Lipinski definition) is 3. The highest BCUT2D eigenvalue weighted by Gasteiger charge is 2.16. The van der Waals surface area contributed by atoms with Crippen molar-refractivity contribution >= 4 is 0 Å². The van der Waals surface area contributed by atoms with Crippen molar-refractivity contribution in [1.29, 1.82) is 0 Å². The Bertz CT molecular complexity index is 145. The van der Waals surface area contributed by atoms with Gasteiger partial charge in [-0.3, -0.25) is 0 Å². The zero-order valence-corrected chi connectivity index (χ0v) is 10.1. The molecule has 1 rings (SSSR count). The van der Waals surface area contributed by atoms with Crippen molar-refractivity contribution < 1.29 is 9.47 Å². The van der Waals surface area contributed by atoms with Crippen LogP contribution in [0.25, 0.3) is 0 Å². The molecule has 0 aliphatic heterocycles. The fourth-order valence-electron chi connectivity index (χ4n) is 2.04. The average molecular weight is 215 g/mol. The molecule has 1 fully saturated rings. The number of hydrogen-bond donors (Lipinski definition) is 1. The molecule has 0 unspecified atom stereocenters. The fraction of sp³-hybridized carbons (Fsp3) is 1.00. The second-order valence-electron chi connectivity index (χ2n) is 4.52. The lowest BCUT2D eigenvalue weighted by Crippen LogP contribution is -2.35. The lowest BCUT2D eigenvalue weighted by atomic mass is 9.87. The van der Waals surface area contributed by atoms with Gasteiger partial charge in [0.15, 0.2) is 0 Å². The second-order valence-corrected chi connectivity index (χ2v) is 4.52. The number of ether oxygens (including phenoxy) is 2. The molecular formula is C12H25NO2. The number of methoxy groups -OCH3 is 1. The maximum Gasteiger partial charge on any atom is 0.0700 e. The normalized spacial score (nSPS) is 26.8. The summed E-state index contributed by atoms with van der Waals surface area (Å²) in [5, 5.41) is 3.55. The molecule has 0 spiro atoms. The molecule has 0 aromatic heterocycles. The molecule has 1 saturated carbocycles. The molecule has 0 bridgehead atoms. The summed E-state index contributed by atoms with van der Waals surface area (Å²) >= 11 is 0. The third-order valence-corrected chi connectivity index (χ3v) is 3.13. The van der Waals surface area contributed by atoms with Gasteiger partial charge in [0.2, 0.25) is 0 Å². The van der Waals surface area contributed by atoms with E-state index in [0.717, 1.165) is 25.1 Å². The molecule has 0 aromatic rings. The SMILES string of the molecule is COCCOCCN[C@H]1CC[C@H](C)CC1. The molecule has 15 heavy (non-hydrogen) atoms. The summed E-state index contributed by atoms with van der Waals surface area (Å²) in [6, 6.07) is 0.729. The zero-order chi connectivity index (χ0) is 10.9. The summed E-state index contributed by atoms with van der Waals surface area (Å²) in [6.07, 6.45) is 5.42. The van der Waals surface area contributed by atoms with E-state index in [0.29, 0.717) is 13.2 Å². The van der Waals surface area contributed by atoms with Gasteiger partial charge in [-0.05, 0) is 31.6 Å². The molecule has 0 radical (unpaired) electrons. The maximum atomic E-state index is 5.40. The first-order valence-corrected chi connectivity index (χ1v) is 6.13. The second kappa shape index (κ2) is 8.08. The van der Waals surface area contributed by atoms with Crippen molar-refractivity contribution in [3.05, 3.63) is 0 Å². The smallest absolute Gasteiger partial charge is 0.0700 e. The molecular weight excluding hydrogens is 190 g/mol. The zero-order valence-electron chi connectivity index (χ0n) is 10.1. The van der Waals surface area contributed by atoms with Gasteiger partial charge >= 0.3 is 0 Å². The summed E-state index contributed by atoms with van der Waals surface area (Å²) in [6.45, 7) is 5.53. The molecule has 0 saturated heterocycles. The van der Waals surface area contributed by atoms with Gasteiger partial charge in [-0.15, -0.1) is 0 Å². The third-order valence-electron chi connectivity index (χ3n) is 3.13. The van der Waals surface area contributed by atoms with Crippen LogP contribution in [0.1, 0.15) is 32.6 Å². The topological polar surface area (TPSA) is 30.5 Å². The van der Waals surface area contributed by atoms with Gasteiger partial charge in [0.25, 0.3) is 0 Å². The Morgan fingerprint density at radius 2 is 1.80 bits per heavy atom. The Kier molecular flexibility index (Phi) is 6.98. The Morgan fingerprint density at radius 3 is 2.47 bits per heavy atom. The summed E-state index contributed by atoms with van der Waals surface area (Å²) < 4.78 is 10.3. The van der Waals surface area contributed by atoms with Crippen LogP contribution in [0, 0.1) is 5.92 Å². The van der Waals surface area contributed by atoms with Crippen molar-refractivity contribution in [2.24, 2.45) is 5.92 Å². The third kappa shape index (κ3) is 6.13. The first-order chi connectivity index (χ1) is 7.33. The Balaban J connectivity index is 1.87. The number of nitrogens with one attached hydrogen (secondary N) is 1. The summed E-state index contributed by atoms with van der Waals surface area (Å²) in [4.78, 5) is 0. The van der Waals surface area contributed by atoms with Gasteiger partial charge < -0.3 is 14.8 Å². The van der Waals surface area contributed by atoms with Crippen molar-refractivity contribution in [2.45, 2.75) is 38.6 Å². The van der Waals surface area contributed by atoms with Crippen molar-refractivity contribution in [1.82, 2.24) is 5.32 Å². The predicted molar refractivity (Wildman–Crippen MR) is 62.1 cm³/mol. The quantitative estimate of drug-likeness (QED) is 0.657. The van der Waals surface area contributed by atoms with Crippen LogP contribution in [0.4, 0.5) is 0 Å². The predicted octanol–water partition coefficient (Wildman–Crippen LogP) is 1.82. The van der Waals surface area contributed by atoms with Gasteiger partial charge in [-0.25, -0.2) is 0 Å². The van der Waals surface area contributed by atoms with Crippen molar-refractivity contribution in [3.8, 4) is 0 Å². The standard InChI is InChI=1S/C12H25NO2/c1-11-3-5-12(6-4-11)13-7-8-15-10-9-14-2/h11-13H,3-10H2,1-2H3/t11-,12-. The summed E-state index contributed by atoms with van der Waals surface area (Å²) in [5.41, 5.74) is 0. The van der Waals surface area contributed by atoms with Gasteiger partial charge in [-0.2, -0.15) is 0 Å². The lowest BCUT2D eigenvalue weighted by Gasteiger charge is -2.26. The van der Waals surface area contributed by atoms with E-state index in [-0.39, 0.29) is 0 Å². The van der Waals surface area contributed by atoms with E-state index in [1.165, 1.54) is 25.7 Å². The highest BCUT2D eigenvalue weighted by atomic mass is 16.5. The minimum Gasteiger partial charge on any atom is -0.382 e. The summed E-state index contributed by atoms with van der Waals surface area (Å²) in [7, 11) is 1.70. The largest absolute Gasteiger partial charge is 0.382 e. The van der Waals surface area contributed by atoms with Crippen LogP contribution in [0.3, 0.4) is 0 Å². The minimum atomic E-state index is 0.695. The van der Waals surface area contributed by atoms with Gasteiger partial charge in [-0.1, -0.05) is 6.92 Å². The van der Waals surface area contributed by atoms with Gasteiger partial charge in [0.05, 0.1) is 19.8 Å². The molecule has 0 aromatic carbocycles. The molecule has 0 amide bonds. The van der Waals surface area contributed by atoms with E-state index in [4.69, 9.17) is 9.47 Å². The molecule has 1 aliphatic carbocycles. The minimum absolute atomic E-state index is 0.695. The lowest BCUT2D eigenvalue weighted by molar-refractivity contribution is 0.0703. The fourth-order valence-corrected chi connectivity index (χ4v) is 2.04. The van der Waals surface area contributed by atoms with Crippen LogP contribution in [-0.4, -0.2) is 39.5 Å². The van der Waals surface area contributed by atoms with E-state index in [2.05, 4.69) is 12.2 Å². The molecule has 0 atom stereocenters. The van der Waals surface area contributed by atoms with E-state index in [9.17, 15) is 0 Å². The van der Waals surface area contributed by atoms with E-state index < -0.39 is 0 Å². The highest BCUT2D eigenvalue weighted by molar-refractivity contribution is 4.74. The molecule has 3 heteroatoms. The monoisotopic (exact) mass is 215 g/mol. The van der Waals surface area contributed by atoms with Crippen LogP contribution < -0.4 is 5.32 Å². The summed E-state index contributed by atoms with van der Waals surface area (Å²) in [5.74, 6) is 0.931. The first kappa shape index (κ1) is 12.9. The molecule has 3 nitrogen and oxygen atoms in total. The van der Waals surface area contributed by atoms with Crippen LogP contribution in [0.5, 0.6) is 0 Å². The van der Waals surface area contributed by atoms with Crippen LogP contribution >= 0.6 is 0 Å². The van der Waals surface area contributed by atoms with Crippen LogP contribution in [0.15, 0.2) is 0 Å². The highest BCUT2D eigenvalue weighted by Crippen LogP contribution is 2.23. The van der Waals surface area contributed by atoms with E-state index >= 15 is 0 Å². The number of rotatable bonds is 7. The van der Waals surface area contributed by atoms with Gasteiger partial charge in [0, 0.05) is 19.7 Å². The first-order valence-electron chi connectivity index (χ1n) is 6.13. The van der Waals surface area contributed by atoms with Crippen molar-refractivity contribution in [2.75, 3.05) is 33.5 Å². The Hall–Kier alpha value is -0.120. The van der Waals surface area contributed by atoms with Crippen LogP contribution in [-0.2, 0) is 9.47 Å². The Labute approximate surface area is 93.5 Å². The van der Waals surface area contributed by atoms with Crippen LogP contribution in [0.2, 0.25) is 0 Å². The molecule has 90 valence electrons. The molecule has 0 heterocycles. The maximum absolute atomic E-state index is 5.40. The molecule has 1 aliphatic rings. The van der Waals surface area contributed by atoms with E-state index in [1.54, 1.807) is 7.11 Å². The average Bonchev–Trinajstić information content (AvgIpc) is 2.26.